The van der Waals surface area contributed by atoms with Crippen molar-refractivity contribution in [3.05, 3.63) is 37.0 Å². The van der Waals surface area contributed by atoms with Gasteiger partial charge in [0.1, 0.15) is 0 Å². The highest BCUT2D eigenvalue weighted by Crippen LogP contribution is 2.03. The average Bonchev–Trinajstić information content (AvgIpc) is 2.21. The minimum absolute atomic E-state index is 1.17. The van der Waals surface area contributed by atoms with Gasteiger partial charge in [-0.2, -0.15) is 0 Å². The molecule has 80 valence electrons. The van der Waals surface area contributed by atoms with Crippen molar-refractivity contribution in [3.63, 3.8) is 0 Å². The fourth-order valence-corrected chi connectivity index (χ4v) is 1.24. The molecule has 0 saturated heterocycles. The highest BCUT2D eigenvalue weighted by molar-refractivity contribution is 5.02. The second-order valence-electron chi connectivity index (χ2n) is 3.57. The van der Waals surface area contributed by atoms with Crippen molar-refractivity contribution in [2.24, 2.45) is 0 Å². The number of hydrogen-bond donors (Lipinski definition) is 0. The minimum atomic E-state index is 1.17. The van der Waals surface area contributed by atoms with E-state index in [1.807, 2.05) is 6.08 Å². The Balaban J connectivity index is 3.14. The molecule has 0 aromatic rings. The summed E-state index contributed by atoms with van der Waals surface area (Å²) >= 11 is 0. The Morgan fingerprint density at radius 1 is 0.857 bits per heavy atom. The van der Waals surface area contributed by atoms with Gasteiger partial charge in [-0.15, -0.1) is 6.58 Å². The van der Waals surface area contributed by atoms with Crippen molar-refractivity contribution in [2.75, 3.05) is 0 Å². The summed E-state index contributed by atoms with van der Waals surface area (Å²) in [5.41, 5.74) is 0. The molecule has 0 rings (SSSR count). The van der Waals surface area contributed by atoms with Gasteiger partial charge in [-0.3, -0.25) is 0 Å². The largest absolute Gasteiger partial charge is 0.103 e. The van der Waals surface area contributed by atoms with Crippen LogP contribution in [-0.4, -0.2) is 0 Å². The molecule has 0 nitrogen and oxygen atoms in total. The first kappa shape index (κ1) is 13.2. The molecule has 0 bridgehead atoms. The number of unbranched alkanes of at least 4 members (excludes halogenated alkanes) is 5. The van der Waals surface area contributed by atoms with Gasteiger partial charge >= 0.3 is 0 Å². The normalized spacial score (nSPS) is 11.5. The van der Waals surface area contributed by atoms with Gasteiger partial charge < -0.3 is 0 Å². The van der Waals surface area contributed by atoms with E-state index in [1.165, 1.54) is 44.9 Å². The highest BCUT2D eigenvalue weighted by atomic mass is 13.9. The van der Waals surface area contributed by atoms with E-state index in [1.54, 1.807) is 0 Å². The molecule has 0 heterocycles. The first-order valence-electron chi connectivity index (χ1n) is 5.84. The van der Waals surface area contributed by atoms with E-state index < -0.39 is 0 Å². The highest BCUT2D eigenvalue weighted by Gasteiger charge is 1.84. The van der Waals surface area contributed by atoms with Gasteiger partial charge in [-0.25, -0.2) is 0 Å². The molecular formula is C14H24. The number of rotatable bonds is 9. The van der Waals surface area contributed by atoms with E-state index in [0.29, 0.717) is 0 Å². The van der Waals surface area contributed by atoms with Crippen LogP contribution in [-0.2, 0) is 0 Å². The molecule has 0 aliphatic heterocycles. The van der Waals surface area contributed by atoms with Gasteiger partial charge in [0.15, 0.2) is 0 Å². The van der Waals surface area contributed by atoms with Crippen LogP contribution in [0.1, 0.15) is 51.9 Å². The first-order chi connectivity index (χ1) is 6.91. The summed E-state index contributed by atoms with van der Waals surface area (Å²) in [5.74, 6) is 0. The summed E-state index contributed by atoms with van der Waals surface area (Å²) in [7, 11) is 0. The van der Waals surface area contributed by atoms with E-state index in [-0.39, 0.29) is 0 Å². The van der Waals surface area contributed by atoms with Crippen LogP contribution in [0, 0.1) is 0 Å². The molecule has 0 amide bonds. The minimum Gasteiger partial charge on any atom is -0.103 e. The lowest BCUT2D eigenvalue weighted by atomic mass is 10.1. The second-order valence-corrected chi connectivity index (χ2v) is 3.57. The van der Waals surface area contributed by atoms with E-state index >= 15 is 0 Å². The Hall–Kier alpha value is -0.780. The standard InChI is InChI=1S/C14H24/c1-3-5-7-9-11-13-14-12-10-8-6-4-2/h3,8,10,12,14H,1,4-7,9,11,13H2,2H3. The van der Waals surface area contributed by atoms with E-state index in [4.69, 9.17) is 0 Å². The zero-order chi connectivity index (χ0) is 10.5. The summed E-state index contributed by atoms with van der Waals surface area (Å²) in [4.78, 5) is 0. The predicted octanol–water partition coefficient (Wildman–Crippen LogP) is 5.04. The maximum atomic E-state index is 3.71. The Kier molecular flexibility index (Phi) is 11.5. The van der Waals surface area contributed by atoms with Gasteiger partial charge in [0.25, 0.3) is 0 Å². The molecule has 0 unspecified atom stereocenters. The molecule has 0 radical (unpaired) electrons. The van der Waals surface area contributed by atoms with Crippen LogP contribution in [0.5, 0.6) is 0 Å². The van der Waals surface area contributed by atoms with Crippen molar-refractivity contribution in [3.8, 4) is 0 Å². The zero-order valence-electron chi connectivity index (χ0n) is 9.54. The zero-order valence-corrected chi connectivity index (χ0v) is 9.54. The SMILES string of the molecule is C=CCCCCCC=CC=CCCC. The van der Waals surface area contributed by atoms with Crippen molar-refractivity contribution in [2.45, 2.75) is 51.9 Å². The third-order valence-electron chi connectivity index (χ3n) is 2.12. The van der Waals surface area contributed by atoms with Crippen LogP contribution in [0.3, 0.4) is 0 Å². The second kappa shape index (κ2) is 12.2. The van der Waals surface area contributed by atoms with Crippen LogP contribution in [0.4, 0.5) is 0 Å². The predicted molar refractivity (Wildman–Crippen MR) is 66.5 cm³/mol. The Morgan fingerprint density at radius 3 is 2.14 bits per heavy atom. The topological polar surface area (TPSA) is 0 Å². The molecule has 0 saturated carbocycles. The van der Waals surface area contributed by atoms with Gasteiger partial charge in [0, 0.05) is 0 Å². The average molecular weight is 192 g/mol. The van der Waals surface area contributed by atoms with Crippen LogP contribution in [0.15, 0.2) is 37.0 Å². The van der Waals surface area contributed by atoms with Crippen molar-refractivity contribution in [1.29, 1.82) is 0 Å². The number of hydrogen-bond acceptors (Lipinski definition) is 0. The molecule has 0 N–H and O–H groups in total. The summed E-state index contributed by atoms with van der Waals surface area (Å²) in [6.07, 6.45) is 19.6. The summed E-state index contributed by atoms with van der Waals surface area (Å²) in [6, 6.07) is 0. The third kappa shape index (κ3) is 11.2. The van der Waals surface area contributed by atoms with Crippen LogP contribution < -0.4 is 0 Å². The Morgan fingerprint density at radius 2 is 1.50 bits per heavy atom. The third-order valence-corrected chi connectivity index (χ3v) is 2.12. The molecule has 0 heteroatoms. The lowest BCUT2D eigenvalue weighted by molar-refractivity contribution is 0.696. The first-order valence-corrected chi connectivity index (χ1v) is 5.84. The molecule has 0 atom stereocenters. The quantitative estimate of drug-likeness (QED) is 0.273. The van der Waals surface area contributed by atoms with Gasteiger partial charge in [-0.05, 0) is 32.1 Å². The molecule has 0 spiro atoms. The maximum Gasteiger partial charge on any atom is -0.0348 e. The molecular weight excluding hydrogens is 168 g/mol. The molecule has 0 fully saturated rings. The van der Waals surface area contributed by atoms with Gasteiger partial charge in [0.2, 0.25) is 0 Å². The fourth-order valence-electron chi connectivity index (χ4n) is 1.24. The van der Waals surface area contributed by atoms with Crippen molar-refractivity contribution >= 4 is 0 Å². The van der Waals surface area contributed by atoms with E-state index in [2.05, 4.69) is 37.8 Å². The summed E-state index contributed by atoms with van der Waals surface area (Å²) in [6.45, 7) is 5.92. The molecule has 0 aliphatic rings. The van der Waals surface area contributed by atoms with E-state index in [0.717, 1.165) is 0 Å². The van der Waals surface area contributed by atoms with E-state index in [9.17, 15) is 0 Å². The van der Waals surface area contributed by atoms with Gasteiger partial charge in [-0.1, -0.05) is 50.1 Å². The lowest BCUT2D eigenvalue weighted by Gasteiger charge is -1.93. The van der Waals surface area contributed by atoms with Gasteiger partial charge in [0.05, 0.1) is 0 Å². The smallest absolute Gasteiger partial charge is 0.0348 e. The maximum absolute atomic E-state index is 3.71. The van der Waals surface area contributed by atoms with Crippen molar-refractivity contribution in [1.82, 2.24) is 0 Å². The lowest BCUT2D eigenvalue weighted by Crippen LogP contribution is -1.73. The Labute approximate surface area is 89.4 Å². The van der Waals surface area contributed by atoms with Crippen LogP contribution in [0.25, 0.3) is 0 Å². The number of allylic oxidation sites excluding steroid dienone is 5. The van der Waals surface area contributed by atoms with Crippen molar-refractivity contribution < 1.29 is 0 Å². The molecule has 0 aromatic heterocycles. The molecule has 0 aromatic carbocycles. The summed E-state index contributed by atoms with van der Waals surface area (Å²) in [5, 5.41) is 0. The molecule has 14 heavy (non-hydrogen) atoms. The Bertz CT molecular complexity index is 163. The monoisotopic (exact) mass is 192 g/mol. The van der Waals surface area contributed by atoms with Crippen LogP contribution in [0.2, 0.25) is 0 Å². The summed E-state index contributed by atoms with van der Waals surface area (Å²) < 4.78 is 0. The van der Waals surface area contributed by atoms with Crippen LogP contribution >= 0.6 is 0 Å². The fraction of sp³-hybridized carbons (Fsp3) is 0.571. The molecule has 0 aliphatic carbocycles.